The van der Waals surface area contributed by atoms with Crippen LogP contribution in [0.1, 0.15) is 40.0 Å². The first kappa shape index (κ1) is 19.9. The van der Waals surface area contributed by atoms with Crippen molar-refractivity contribution in [1.82, 2.24) is 9.47 Å². The van der Waals surface area contributed by atoms with Crippen LogP contribution in [0.25, 0.3) is 0 Å². The summed E-state index contributed by atoms with van der Waals surface area (Å²) in [4.78, 5) is 39.7. The summed E-state index contributed by atoms with van der Waals surface area (Å²) < 4.78 is 6.48. The van der Waals surface area contributed by atoms with Gasteiger partial charge in [0.1, 0.15) is 11.4 Å². The molecule has 0 spiro atoms. The number of aromatic nitrogens is 1. The Labute approximate surface area is 167 Å². The minimum absolute atomic E-state index is 0.0254. The second-order valence-corrected chi connectivity index (χ2v) is 7.15. The first-order valence-corrected chi connectivity index (χ1v) is 9.43. The molecule has 1 N–H and O–H groups in total. The van der Waals surface area contributed by atoms with E-state index in [2.05, 4.69) is 5.32 Å². The Balaban J connectivity index is 1.91. The molecular formula is C20H22ClN3O4. The summed E-state index contributed by atoms with van der Waals surface area (Å²) in [6.45, 7) is 1.39. The van der Waals surface area contributed by atoms with Crippen molar-refractivity contribution in [3.63, 3.8) is 0 Å². The molecule has 2 heterocycles. The molecule has 1 aliphatic rings. The zero-order valence-electron chi connectivity index (χ0n) is 15.8. The van der Waals surface area contributed by atoms with Gasteiger partial charge in [0.05, 0.1) is 18.2 Å². The molecule has 8 heteroatoms. The fraction of sp³-hybridized carbons (Fsp3) is 0.350. The lowest BCUT2D eigenvalue weighted by Gasteiger charge is -2.27. The maximum Gasteiger partial charge on any atom is 0.274 e. The molecule has 2 amide bonds. The molecule has 0 atom stereocenters. The number of rotatable bonds is 4. The molecule has 3 rings (SSSR count). The van der Waals surface area contributed by atoms with Crippen molar-refractivity contribution in [1.29, 1.82) is 0 Å². The van der Waals surface area contributed by atoms with Crippen LogP contribution >= 0.6 is 11.6 Å². The monoisotopic (exact) mass is 403 g/mol. The van der Waals surface area contributed by atoms with Crippen LogP contribution < -0.4 is 15.6 Å². The van der Waals surface area contributed by atoms with E-state index in [-0.39, 0.29) is 17.2 Å². The second-order valence-electron chi connectivity index (χ2n) is 6.71. The van der Waals surface area contributed by atoms with Crippen LogP contribution in [0.15, 0.2) is 35.3 Å². The number of hydrogen-bond donors (Lipinski definition) is 1. The minimum atomic E-state index is -0.543. The van der Waals surface area contributed by atoms with Crippen LogP contribution in [0, 0.1) is 0 Å². The molecule has 148 valence electrons. The van der Waals surface area contributed by atoms with Crippen molar-refractivity contribution in [3.05, 3.63) is 57.0 Å². The van der Waals surface area contributed by atoms with Gasteiger partial charge in [-0.05, 0) is 43.5 Å². The third-order valence-corrected chi connectivity index (χ3v) is 4.96. The number of benzene rings is 1. The lowest BCUT2D eigenvalue weighted by molar-refractivity contribution is 0.0723. The molecule has 1 fully saturated rings. The van der Waals surface area contributed by atoms with Crippen molar-refractivity contribution < 1.29 is 14.3 Å². The van der Waals surface area contributed by atoms with Crippen molar-refractivity contribution in [3.8, 4) is 5.75 Å². The number of halogens is 1. The third-order valence-electron chi connectivity index (χ3n) is 4.73. The molecule has 2 aromatic rings. The van der Waals surface area contributed by atoms with Crippen LogP contribution in [-0.2, 0) is 7.05 Å². The van der Waals surface area contributed by atoms with Crippen LogP contribution in [0.2, 0.25) is 5.02 Å². The molecule has 1 saturated heterocycles. The van der Waals surface area contributed by atoms with Gasteiger partial charge in [-0.1, -0.05) is 11.6 Å². The molecule has 28 heavy (non-hydrogen) atoms. The quantitative estimate of drug-likeness (QED) is 0.851. The highest BCUT2D eigenvalue weighted by Gasteiger charge is 2.21. The normalized spacial score (nSPS) is 13.9. The smallest absolute Gasteiger partial charge is 0.274 e. The molecule has 0 saturated carbocycles. The number of amides is 2. The number of piperidine rings is 1. The standard InChI is InChI=1S/C20H22ClN3O4/c1-23-12-13(19(26)24-8-4-3-5-9-24)10-16(20(23)27)22-18(25)15-11-14(21)6-7-17(15)28-2/h6-7,10-12H,3-5,8-9H2,1-2H3,(H,22,25). The number of anilines is 1. The van der Waals surface area contributed by atoms with Gasteiger partial charge in [0, 0.05) is 31.4 Å². The predicted molar refractivity (Wildman–Crippen MR) is 107 cm³/mol. The van der Waals surface area contributed by atoms with Crippen molar-refractivity contribution in [2.45, 2.75) is 19.3 Å². The average molecular weight is 404 g/mol. The van der Waals surface area contributed by atoms with Crippen LogP contribution in [-0.4, -0.2) is 41.5 Å². The lowest BCUT2D eigenvalue weighted by Crippen LogP contribution is -2.36. The van der Waals surface area contributed by atoms with Gasteiger partial charge in [-0.3, -0.25) is 14.4 Å². The summed E-state index contributed by atoms with van der Waals surface area (Å²) in [6, 6.07) is 6.07. The molecular weight excluding hydrogens is 382 g/mol. The summed E-state index contributed by atoms with van der Waals surface area (Å²) in [5.41, 5.74) is 0.170. The Hall–Kier alpha value is -2.80. The van der Waals surface area contributed by atoms with E-state index in [1.165, 1.54) is 30.0 Å². The van der Waals surface area contributed by atoms with Crippen molar-refractivity contribution in [2.75, 3.05) is 25.5 Å². The lowest BCUT2D eigenvalue weighted by atomic mass is 10.1. The molecule has 0 bridgehead atoms. The number of ether oxygens (including phenoxy) is 1. The summed E-state index contributed by atoms with van der Waals surface area (Å²) in [6.07, 6.45) is 4.54. The summed E-state index contributed by atoms with van der Waals surface area (Å²) >= 11 is 5.98. The number of carbonyl (C=O) groups excluding carboxylic acids is 2. The summed E-state index contributed by atoms with van der Waals surface area (Å²) in [7, 11) is 2.99. The Bertz CT molecular complexity index is 964. The second kappa shape index (κ2) is 8.48. The number of methoxy groups -OCH3 is 1. The number of hydrogen-bond acceptors (Lipinski definition) is 4. The molecule has 1 aromatic carbocycles. The first-order chi connectivity index (χ1) is 13.4. The number of carbonyl (C=O) groups is 2. The van der Waals surface area contributed by atoms with Crippen LogP contribution in [0.4, 0.5) is 5.69 Å². The minimum Gasteiger partial charge on any atom is -0.496 e. The van der Waals surface area contributed by atoms with E-state index in [0.717, 1.165) is 19.3 Å². The Morgan fingerprint density at radius 3 is 2.54 bits per heavy atom. The number of pyridine rings is 1. The van der Waals surface area contributed by atoms with Gasteiger partial charge in [-0.15, -0.1) is 0 Å². The molecule has 1 aromatic heterocycles. The molecule has 0 radical (unpaired) electrons. The van der Waals surface area contributed by atoms with Gasteiger partial charge in [0.25, 0.3) is 17.4 Å². The topological polar surface area (TPSA) is 80.6 Å². The van der Waals surface area contributed by atoms with E-state index in [0.29, 0.717) is 29.4 Å². The van der Waals surface area contributed by atoms with Crippen molar-refractivity contribution in [2.24, 2.45) is 7.05 Å². The Morgan fingerprint density at radius 2 is 1.86 bits per heavy atom. The Morgan fingerprint density at radius 1 is 1.14 bits per heavy atom. The zero-order chi connectivity index (χ0) is 20.3. The highest BCUT2D eigenvalue weighted by Crippen LogP contribution is 2.23. The highest BCUT2D eigenvalue weighted by atomic mass is 35.5. The highest BCUT2D eigenvalue weighted by molar-refractivity contribution is 6.31. The summed E-state index contributed by atoms with van der Waals surface area (Å²) in [5.74, 6) is -0.357. The van der Waals surface area contributed by atoms with E-state index in [4.69, 9.17) is 16.3 Å². The number of nitrogens with zero attached hydrogens (tertiary/aromatic N) is 2. The molecule has 1 aliphatic heterocycles. The van der Waals surface area contributed by atoms with Crippen LogP contribution in [0.5, 0.6) is 5.75 Å². The largest absolute Gasteiger partial charge is 0.496 e. The van der Waals surface area contributed by atoms with Gasteiger partial charge in [0.15, 0.2) is 0 Å². The van der Waals surface area contributed by atoms with E-state index in [9.17, 15) is 14.4 Å². The van der Waals surface area contributed by atoms with E-state index >= 15 is 0 Å². The maximum absolute atomic E-state index is 12.8. The van der Waals surface area contributed by atoms with Gasteiger partial charge >= 0.3 is 0 Å². The van der Waals surface area contributed by atoms with Gasteiger partial charge < -0.3 is 19.5 Å². The van der Waals surface area contributed by atoms with Crippen LogP contribution in [0.3, 0.4) is 0 Å². The average Bonchev–Trinajstić information content (AvgIpc) is 2.71. The van der Waals surface area contributed by atoms with E-state index in [1.807, 2.05) is 0 Å². The van der Waals surface area contributed by atoms with E-state index < -0.39 is 11.5 Å². The van der Waals surface area contributed by atoms with Gasteiger partial charge in [0.2, 0.25) is 0 Å². The van der Waals surface area contributed by atoms with E-state index in [1.54, 1.807) is 24.1 Å². The molecule has 7 nitrogen and oxygen atoms in total. The van der Waals surface area contributed by atoms with Gasteiger partial charge in [-0.25, -0.2) is 0 Å². The molecule has 0 aliphatic carbocycles. The summed E-state index contributed by atoms with van der Waals surface area (Å²) in [5, 5.41) is 2.95. The SMILES string of the molecule is COc1ccc(Cl)cc1C(=O)Nc1cc(C(=O)N2CCCCC2)cn(C)c1=O. The van der Waals surface area contributed by atoms with Gasteiger partial charge in [-0.2, -0.15) is 0 Å². The molecule has 0 unspecified atom stereocenters. The maximum atomic E-state index is 12.8. The predicted octanol–water partition coefficient (Wildman–Crippen LogP) is 2.93. The Kier molecular flexibility index (Phi) is 6.04. The third kappa shape index (κ3) is 4.20. The first-order valence-electron chi connectivity index (χ1n) is 9.05. The number of aryl methyl sites for hydroxylation is 1. The van der Waals surface area contributed by atoms with Crippen molar-refractivity contribution >= 4 is 29.1 Å². The fourth-order valence-corrected chi connectivity index (χ4v) is 3.42. The zero-order valence-corrected chi connectivity index (χ0v) is 16.6. The number of likely N-dealkylation sites (tertiary alicyclic amines) is 1. The fourth-order valence-electron chi connectivity index (χ4n) is 3.25. The number of nitrogens with one attached hydrogen (secondary N) is 1.